The second-order valence-electron chi connectivity index (χ2n) is 5.97. The molecule has 0 aliphatic heterocycles. The molecule has 7 heteroatoms. The lowest BCUT2D eigenvalue weighted by Gasteiger charge is -2.10. The third-order valence-corrected chi connectivity index (χ3v) is 4.46. The van der Waals surface area contributed by atoms with Gasteiger partial charge in [0.05, 0.1) is 11.0 Å². The van der Waals surface area contributed by atoms with E-state index in [9.17, 15) is 4.39 Å². The standard InChI is InChI=1S/C20H16FN5S/c21-15-7-4-13(5-8-15)14-6-9-19-18(10-14)23-12-26(19)17-3-1-2-16(11-17)24-20(27)25-22/h1-12H,22H2,(H2,24,25,27). The Morgan fingerprint density at radius 2 is 1.78 bits per heavy atom. The quantitative estimate of drug-likeness (QED) is 0.286. The van der Waals surface area contributed by atoms with Crippen molar-refractivity contribution in [3.05, 3.63) is 78.9 Å². The highest BCUT2D eigenvalue weighted by Gasteiger charge is 2.08. The van der Waals surface area contributed by atoms with Crippen molar-refractivity contribution in [1.29, 1.82) is 0 Å². The van der Waals surface area contributed by atoms with Crippen LogP contribution in [0.1, 0.15) is 0 Å². The maximum absolute atomic E-state index is 13.1. The SMILES string of the molecule is NNC(=S)Nc1cccc(-n2cnc3cc(-c4ccc(F)cc4)ccc32)c1. The molecule has 0 radical (unpaired) electrons. The highest BCUT2D eigenvalue weighted by Crippen LogP contribution is 2.26. The molecule has 4 N–H and O–H groups in total. The van der Waals surface area contributed by atoms with E-state index in [4.69, 9.17) is 18.1 Å². The number of aromatic nitrogens is 2. The van der Waals surface area contributed by atoms with Crippen LogP contribution in [0.25, 0.3) is 27.8 Å². The van der Waals surface area contributed by atoms with E-state index in [1.165, 1.54) is 12.1 Å². The first-order valence-electron chi connectivity index (χ1n) is 8.25. The molecule has 1 aromatic heterocycles. The number of fused-ring (bicyclic) bond motifs is 1. The Bertz CT molecular complexity index is 1120. The molecule has 5 nitrogen and oxygen atoms in total. The van der Waals surface area contributed by atoms with Crippen molar-refractivity contribution in [1.82, 2.24) is 15.0 Å². The number of hydrazine groups is 1. The summed E-state index contributed by atoms with van der Waals surface area (Å²) in [6.45, 7) is 0. The Labute approximate surface area is 160 Å². The van der Waals surface area contributed by atoms with E-state index in [-0.39, 0.29) is 5.82 Å². The summed E-state index contributed by atoms with van der Waals surface area (Å²) in [7, 11) is 0. The lowest BCUT2D eigenvalue weighted by Crippen LogP contribution is -2.34. The molecular formula is C20H16FN5S. The largest absolute Gasteiger partial charge is 0.332 e. The van der Waals surface area contributed by atoms with E-state index in [1.807, 2.05) is 47.0 Å². The van der Waals surface area contributed by atoms with Crippen LogP contribution in [0.3, 0.4) is 0 Å². The normalized spacial score (nSPS) is 10.7. The van der Waals surface area contributed by atoms with Crippen molar-refractivity contribution in [3.8, 4) is 16.8 Å². The van der Waals surface area contributed by atoms with Crippen molar-refractivity contribution in [3.63, 3.8) is 0 Å². The third kappa shape index (κ3) is 3.51. The van der Waals surface area contributed by atoms with Gasteiger partial charge in [-0.15, -0.1) is 0 Å². The van der Waals surface area contributed by atoms with E-state index >= 15 is 0 Å². The average molecular weight is 377 g/mol. The minimum atomic E-state index is -0.248. The number of nitrogens with two attached hydrogens (primary N) is 1. The fourth-order valence-corrected chi connectivity index (χ4v) is 3.06. The minimum Gasteiger partial charge on any atom is -0.332 e. The van der Waals surface area contributed by atoms with Gasteiger partial charge in [0.25, 0.3) is 0 Å². The maximum atomic E-state index is 13.1. The molecule has 134 valence electrons. The minimum absolute atomic E-state index is 0.248. The van der Waals surface area contributed by atoms with Gasteiger partial charge in [-0.2, -0.15) is 0 Å². The van der Waals surface area contributed by atoms with E-state index in [1.54, 1.807) is 18.5 Å². The van der Waals surface area contributed by atoms with Crippen LogP contribution in [-0.2, 0) is 0 Å². The maximum Gasteiger partial charge on any atom is 0.185 e. The summed E-state index contributed by atoms with van der Waals surface area (Å²) in [4.78, 5) is 4.52. The van der Waals surface area contributed by atoms with Crippen molar-refractivity contribution in [2.45, 2.75) is 0 Å². The Hall–Kier alpha value is -3.29. The van der Waals surface area contributed by atoms with E-state index in [0.29, 0.717) is 5.11 Å². The van der Waals surface area contributed by atoms with Crippen LogP contribution < -0.4 is 16.6 Å². The van der Waals surface area contributed by atoms with Crippen molar-refractivity contribution < 1.29 is 4.39 Å². The molecule has 0 amide bonds. The molecule has 0 aliphatic carbocycles. The first-order valence-corrected chi connectivity index (χ1v) is 8.66. The zero-order valence-electron chi connectivity index (χ0n) is 14.2. The van der Waals surface area contributed by atoms with Crippen LogP contribution in [0.15, 0.2) is 73.1 Å². The number of halogens is 1. The highest BCUT2D eigenvalue weighted by molar-refractivity contribution is 7.80. The predicted octanol–water partition coefficient (Wildman–Crippen LogP) is 3.99. The molecule has 4 aromatic rings. The first kappa shape index (κ1) is 17.1. The molecular weight excluding hydrogens is 361 g/mol. The summed E-state index contributed by atoms with van der Waals surface area (Å²) < 4.78 is 15.1. The van der Waals surface area contributed by atoms with Gasteiger partial charge in [0.1, 0.15) is 12.1 Å². The van der Waals surface area contributed by atoms with E-state index in [0.717, 1.165) is 33.5 Å². The van der Waals surface area contributed by atoms with Crippen LogP contribution in [0, 0.1) is 5.82 Å². The molecule has 0 bridgehead atoms. The molecule has 0 saturated carbocycles. The molecule has 27 heavy (non-hydrogen) atoms. The van der Waals surface area contributed by atoms with Crippen LogP contribution in [0.4, 0.5) is 10.1 Å². The van der Waals surface area contributed by atoms with Crippen LogP contribution >= 0.6 is 12.2 Å². The molecule has 0 atom stereocenters. The van der Waals surface area contributed by atoms with E-state index in [2.05, 4.69) is 15.7 Å². The van der Waals surface area contributed by atoms with Crippen molar-refractivity contribution in [2.24, 2.45) is 5.84 Å². The van der Waals surface area contributed by atoms with Gasteiger partial charge in [0.2, 0.25) is 0 Å². The smallest absolute Gasteiger partial charge is 0.185 e. The van der Waals surface area contributed by atoms with Gasteiger partial charge >= 0.3 is 0 Å². The highest BCUT2D eigenvalue weighted by atomic mass is 32.1. The fraction of sp³-hybridized carbons (Fsp3) is 0. The van der Waals surface area contributed by atoms with Gasteiger partial charge in [0.15, 0.2) is 5.11 Å². The zero-order valence-corrected chi connectivity index (χ0v) is 15.0. The first-order chi connectivity index (χ1) is 13.1. The number of anilines is 1. The van der Waals surface area contributed by atoms with Gasteiger partial charge in [-0.1, -0.05) is 24.3 Å². The van der Waals surface area contributed by atoms with Gasteiger partial charge < -0.3 is 10.7 Å². The lowest BCUT2D eigenvalue weighted by molar-refractivity contribution is 0.628. The third-order valence-electron chi connectivity index (χ3n) is 4.24. The predicted molar refractivity (Wildman–Crippen MR) is 110 cm³/mol. The molecule has 4 rings (SSSR count). The molecule has 3 aromatic carbocycles. The Morgan fingerprint density at radius 1 is 1.00 bits per heavy atom. The van der Waals surface area contributed by atoms with E-state index < -0.39 is 0 Å². The summed E-state index contributed by atoms with van der Waals surface area (Å²) in [5.74, 6) is 5.06. The van der Waals surface area contributed by atoms with Gasteiger partial charge in [-0.25, -0.2) is 15.2 Å². The number of rotatable bonds is 3. The Morgan fingerprint density at radius 3 is 2.56 bits per heavy atom. The van der Waals surface area contributed by atoms with Crippen molar-refractivity contribution in [2.75, 3.05) is 5.32 Å². The average Bonchev–Trinajstić information content (AvgIpc) is 3.12. The van der Waals surface area contributed by atoms with Crippen molar-refractivity contribution >= 4 is 34.1 Å². The number of hydrogen-bond donors (Lipinski definition) is 3. The monoisotopic (exact) mass is 377 g/mol. The molecule has 1 heterocycles. The number of imidazole rings is 1. The molecule has 0 spiro atoms. The number of nitrogens with one attached hydrogen (secondary N) is 2. The Kier molecular flexibility index (Phi) is 4.53. The fourth-order valence-electron chi connectivity index (χ4n) is 2.94. The number of thiocarbonyl (C=S) groups is 1. The number of hydrogen-bond acceptors (Lipinski definition) is 3. The van der Waals surface area contributed by atoms with Gasteiger partial charge in [0, 0.05) is 11.4 Å². The molecule has 0 unspecified atom stereocenters. The molecule has 0 fully saturated rings. The second-order valence-corrected chi connectivity index (χ2v) is 6.38. The second kappa shape index (κ2) is 7.14. The number of benzene rings is 3. The van der Waals surface area contributed by atoms with Crippen LogP contribution in [-0.4, -0.2) is 14.7 Å². The topological polar surface area (TPSA) is 67.9 Å². The number of nitrogens with zero attached hydrogens (tertiary/aromatic N) is 2. The van der Waals surface area contributed by atoms with Crippen LogP contribution in [0.2, 0.25) is 0 Å². The van der Waals surface area contributed by atoms with Gasteiger partial charge in [-0.3, -0.25) is 4.57 Å². The summed E-state index contributed by atoms with van der Waals surface area (Å²) in [5, 5.41) is 3.35. The lowest BCUT2D eigenvalue weighted by atomic mass is 10.1. The Balaban J connectivity index is 1.71. The summed E-state index contributed by atoms with van der Waals surface area (Å²) in [6.07, 6.45) is 1.78. The molecule has 0 saturated heterocycles. The molecule has 0 aliphatic rings. The van der Waals surface area contributed by atoms with Crippen LogP contribution in [0.5, 0.6) is 0 Å². The summed E-state index contributed by atoms with van der Waals surface area (Å²) in [6, 6.07) is 20.2. The van der Waals surface area contributed by atoms with Gasteiger partial charge in [-0.05, 0) is 65.8 Å². The summed E-state index contributed by atoms with van der Waals surface area (Å²) in [5.41, 5.74) is 7.92. The zero-order chi connectivity index (χ0) is 18.8. The summed E-state index contributed by atoms with van der Waals surface area (Å²) >= 11 is 5.04.